The molecule has 20 heavy (non-hydrogen) atoms. The number of anilines is 2. The summed E-state index contributed by atoms with van der Waals surface area (Å²) in [6, 6.07) is 14.2. The van der Waals surface area contributed by atoms with Gasteiger partial charge in [-0.15, -0.1) is 0 Å². The maximum absolute atomic E-state index is 12.2. The third-order valence-corrected chi connectivity index (χ3v) is 2.68. The number of ether oxygens (including phenoxy) is 1. The minimum Gasteiger partial charge on any atom is -0.491 e. The predicted molar refractivity (Wildman–Crippen MR) is 81.0 cm³/mol. The molecule has 0 heterocycles. The summed E-state index contributed by atoms with van der Waals surface area (Å²) >= 11 is 0. The van der Waals surface area contributed by atoms with Gasteiger partial charge in [-0.3, -0.25) is 4.79 Å². The molecule has 0 spiro atoms. The van der Waals surface area contributed by atoms with Crippen LogP contribution in [0, 0.1) is 0 Å². The number of nitrogens with one attached hydrogen (secondary N) is 1. The van der Waals surface area contributed by atoms with E-state index >= 15 is 0 Å². The quantitative estimate of drug-likeness (QED) is 0.838. The molecule has 4 nitrogen and oxygen atoms in total. The van der Waals surface area contributed by atoms with E-state index in [4.69, 9.17) is 10.5 Å². The van der Waals surface area contributed by atoms with Crippen LogP contribution in [0.4, 0.5) is 11.4 Å². The van der Waals surface area contributed by atoms with Gasteiger partial charge in [-0.05, 0) is 44.2 Å². The van der Waals surface area contributed by atoms with Crippen LogP contribution in [0.1, 0.15) is 24.2 Å². The van der Waals surface area contributed by atoms with Crippen LogP contribution in [0.25, 0.3) is 0 Å². The fourth-order valence-corrected chi connectivity index (χ4v) is 1.79. The molecule has 0 saturated carbocycles. The van der Waals surface area contributed by atoms with E-state index in [1.165, 1.54) is 0 Å². The molecule has 4 heteroatoms. The van der Waals surface area contributed by atoms with Crippen molar-refractivity contribution in [1.29, 1.82) is 0 Å². The van der Waals surface area contributed by atoms with Gasteiger partial charge in [0, 0.05) is 5.56 Å². The zero-order chi connectivity index (χ0) is 14.5. The lowest BCUT2D eigenvalue weighted by Crippen LogP contribution is -2.13. The Hall–Kier alpha value is -2.49. The summed E-state index contributed by atoms with van der Waals surface area (Å²) in [4.78, 5) is 12.2. The van der Waals surface area contributed by atoms with Crippen LogP contribution in [0.2, 0.25) is 0 Å². The van der Waals surface area contributed by atoms with E-state index in [-0.39, 0.29) is 12.0 Å². The fraction of sp³-hybridized carbons (Fsp3) is 0.188. The topological polar surface area (TPSA) is 64.3 Å². The number of nitrogens with two attached hydrogens (primary N) is 1. The Bertz CT molecular complexity index is 609. The normalized spacial score (nSPS) is 10.3. The van der Waals surface area contributed by atoms with Crippen molar-refractivity contribution in [2.75, 3.05) is 11.1 Å². The zero-order valence-electron chi connectivity index (χ0n) is 11.6. The van der Waals surface area contributed by atoms with E-state index in [0.717, 1.165) is 0 Å². The van der Waals surface area contributed by atoms with Gasteiger partial charge >= 0.3 is 0 Å². The van der Waals surface area contributed by atoms with Crippen LogP contribution in [0.15, 0.2) is 48.5 Å². The molecule has 0 aliphatic heterocycles. The van der Waals surface area contributed by atoms with Gasteiger partial charge in [0.1, 0.15) is 5.75 Å². The molecular weight excluding hydrogens is 252 g/mol. The third kappa shape index (κ3) is 3.51. The molecule has 0 unspecified atom stereocenters. The Morgan fingerprint density at radius 2 is 1.90 bits per heavy atom. The van der Waals surface area contributed by atoms with Crippen LogP contribution in [-0.2, 0) is 0 Å². The molecule has 0 radical (unpaired) electrons. The lowest BCUT2D eigenvalue weighted by Gasteiger charge is -2.11. The summed E-state index contributed by atoms with van der Waals surface area (Å²) < 4.78 is 5.57. The number of carbonyl (C=O) groups is 1. The van der Waals surface area contributed by atoms with Crippen molar-refractivity contribution < 1.29 is 9.53 Å². The van der Waals surface area contributed by atoms with Crippen molar-refractivity contribution in [3.05, 3.63) is 54.1 Å². The van der Waals surface area contributed by atoms with Crippen LogP contribution in [0.3, 0.4) is 0 Å². The third-order valence-electron chi connectivity index (χ3n) is 2.68. The minimum absolute atomic E-state index is 0.0677. The number of rotatable bonds is 4. The van der Waals surface area contributed by atoms with Gasteiger partial charge in [0.05, 0.1) is 17.5 Å². The predicted octanol–water partition coefficient (Wildman–Crippen LogP) is 3.31. The largest absolute Gasteiger partial charge is 0.491 e. The first kappa shape index (κ1) is 13.9. The second-order valence-electron chi connectivity index (χ2n) is 4.74. The highest BCUT2D eigenvalue weighted by Crippen LogP contribution is 2.20. The van der Waals surface area contributed by atoms with E-state index < -0.39 is 0 Å². The first-order valence-electron chi connectivity index (χ1n) is 6.49. The number of hydrogen-bond acceptors (Lipinski definition) is 3. The van der Waals surface area contributed by atoms with Crippen LogP contribution >= 0.6 is 0 Å². The minimum atomic E-state index is -0.211. The average Bonchev–Trinajstić information content (AvgIpc) is 2.41. The van der Waals surface area contributed by atoms with Crippen LogP contribution < -0.4 is 15.8 Å². The second kappa shape index (κ2) is 6.10. The molecule has 3 N–H and O–H groups in total. The average molecular weight is 270 g/mol. The molecule has 0 aromatic heterocycles. The van der Waals surface area contributed by atoms with Crippen molar-refractivity contribution in [3.63, 3.8) is 0 Å². The van der Waals surface area contributed by atoms with E-state index in [1.54, 1.807) is 30.3 Å². The summed E-state index contributed by atoms with van der Waals surface area (Å²) in [5.74, 6) is 0.464. The van der Waals surface area contributed by atoms with Crippen molar-refractivity contribution in [2.45, 2.75) is 20.0 Å². The van der Waals surface area contributed by atoms with Gasteiger partial charge in [-0.2, -0.15) is 0 Å². The molecule has 0 bridgehead atoms. The number of hydrogen-bond donors (Lipinski definition) is 2. The molecule has 0 aliphatic carbocycles. The molecule has 2 rings (SSSR count). The number of carbonyl (C=O) groups excluding carboxylic acids is 1. The molecule has 0 fully saturated rings. The highest BCUT2D eigenvalue weighted by atomic mass is 16.5. The van der Waals surface area contributed by atoms with Gasteiger partial charge in [-0.25, -0.2) is 0 Å². The summed E-state index contributed by atoms with van der Waals surface area (Å²) in [5, 5.41) is 2.79. The zero-order valence-corrected chi connectivity index (χ0v) is 11.6. The van der Waals surface area contributed by atoms with Crippen molar-refractivity contribution in [2.24, 2.45) is 0 Å². The van der Waals surface area contributed by atoms with Crippen molar-refractivity contribution >= 4 is 17.3 Å². The van der Waals surface area contributed by atoms with Gasteiger partial charge in [0.15, 0.2) is 0 Å². The first-order chi connectivity index (χ1) is 9.56. The lowest BCUT2D eigenvalue weighted by molar-refractivity contribution is 0.102. The molecule has 0 saturated heterocycles. The lowest BCUT2D eigenvalue weighted by atomic mass is 10.2. The number of benzene rings is 2. The Kier molecular flexibility index (Phi) is 4.25. The maximum atomic E-state index is 12.2. The maximum Gasteiger partial charge on any atom is 0.255 e. The highest BCUT2D eigenvalue weighted by molar-refractivity contribution is 6.05. The molecular formula is C16H18N2O2. The summed E-state index contributed by atoms with van der Waals surface area (Å²) in [6.07, 6.45) is 0.0677. The molecule has 2 aromatic rings. The van der Waals surface area contributed by atoms with E-state index in [0.29, 0.717) is 22.7 Å². The smallest absolute Gasteiger partial charge is 0.255 e. The van der Waals surface area contributed by atoms with Crippen LogP contribution in [-0.4, -0.2) is 12.0 Å². The highest BCUT2D eigenvalue weighted by Gasteiger charge is 2.09. The molecule has 2 aromatic carbocycles. The molecule has 0 aliphatic rings. The Labute approximate surface area is 118 Å². The second-order valence-corrected chi connectivity index (χ2v) is 4.74. The molecule has 0 atom stereocenters. The SMILES string of the molecule is CC(C)Oc1cccc(C(=O)Nc2ccccc2N)c1. The van der Waals surface area contributed by atoms with Gasteiger partial charge in [-0.1, -0.05) is 18.2 Å². The Balaban J connectivity index is 2.15. The van der Waals surface area contributed by atoms with Gasteiger partial charge < -0.3 is 15.8 Å². The summed E-state index contributed by atoms with van der Waals surface area (Å²) in [6.45, 7) is 3.88. The molecule has 104 valence electrons. The number of para-hydroxylation sites is 2. The summed E-state index contributed by atoms with van der Waals surface area (Å²) in [5.41, 5.74) is 7.48. The number of amides is 1. The Morgan fingerprint density at radius 1 is 1.15 bits per heavy atom. The van der Waals surface area contributed by atoms with E-state index in [9.17, 15) is 4.79 Å². The van der Waals surface area contributed by atoms with Crippen molar-refractivity contribution in [3.8, 4) is 5.75 Å². The van der Waals surface area contributed by atoms with Crippen LogP contribution in [0.5, 0.6) is 5.75 Å². The molecule has 1 amide bonds. The first-order valence-corrected chi connectivity index (χ1v) is 6.49. The van der Waals surface area contributed by atoms with E-state index in [2.05, 4.69) is 5.32 Å². The fourth-order valence-electron chi connectivity index (χ4n) is 1.79. The van der Waals surface area contributed by atoms with Crippen molar-refractivity contribution in [1.82, 2.24) is 0 Å². The summed E-state index contributed by atoms with van der Waals surface area (Å²) in [7, 11) is 0. The number of nitrogen functional groups attached to an aromatic ring is 1. The van der Waals surface area contributed by atoms with Gasteiger partial charge in [0.2, 0.25) is 0 Å². The Morgan fingerprint density at radius 3 is 2.60 bits per heavy atom. The van der Waals surface area contributed by atoms with E-state index in [1.807, 2.05) is 32.0 Å². The standard InChI is InChI=1S/C16H18N2O2/c1-11(2)20-13-7-5-6-12(10-13)16(19)18-15-9-4-3-8-14(15)17/h3-11H,17H2,1-2H3,(H,18,19). The monoisotopic (exact) mass is 270 g/mol. The van der Waals surface area contributed by atoms with Gasteiger partial charge in [0.25, 0.3) is 5.91 Å².